The third kappa shape index (κ3) is 5.12. The summed E-state index contributed by atoms with van der Waals surface area (Å²) in [5, 5.41) is 11.0. The Balaban J connectivity index is 2.20. The Labute approximate surface area is 98.4 Å². The van der Waals surface area contributed by atoms with Gasteiger partial charge in [0.1, 0.15) is 0 Å². The van der Waals surface area contributed by atoms with E-state index in [9.17, 15) is 9.59 Å². The van der Waals surface area contributed by atoms with Gasteiger partial charge in [-0.25, -0.2) is 4.98 Å². The number of carbonyl (C=O) groups is 2. The average molecular weight is 240 g/mol. The van der Waals surface area contributed by atoms with Crippen molar-refractivity contribution in [1.29, 1.82) is 0 Å². The number of nitrogens with zero attached hydrogens (tertiary/aromatic N) is 1. The van der Waals surface area contributed by atoms with Crippen LogP contribution in [0.3, 0.4) is 0 Å². The molecule has 94 valence electrons. The lowest BCUT2D eigenvalue weighted by atomic mass is 10.1. The van der Waals surface area contributed by atoms with E-state index in [1.165, 1.54) is 6.33 Å². The van der Waals surface area contributed by atoms with Crippen molar-refractivity contribution < 1.29 is 14.7 Å². The first-order valence-electron chi connectivity index (χ1n) is 5.32. The van der Waals surface area contributed by atoms with Gasteiger partial charge in [-0.05, 0) is 6.42 Å². The number of aromatic amines is 1. The highest BCUT2D eigenvalue weighted by Crippen LogP contribution is 1.96. The van der Waals surface area contributed by atoms with Crippen LogP contribution in [0.5, 0.6) is 0 Å². The first kappa shape index (κ1) is 13.2. The number of aliphatic carboxylic acids is 1. The van der Waals surface area contributed by atoms with Crippen molar-refractivity contribution in [1.82, 2.24) is 15.3 Å². The fourth-order valence-electron chi connectivity index (χ4n) is 1.31. The van der Waals surface area contributed by atoms with Crippen LogP contribution in [0.25, 0.3) is 0 Å². The molecule has 0 saturated heterocycles. The number of carboxylic acids is 1. The van der Waals surface area contributed by atoms with E-state index in [0.717, 1.165) is 5.69 Å². The van der Waals surface area contributed by atoms with Crippen LogP contribution in [0.1, 0.15) is 18.5 Å². The normalized spacial score (nSPS) is 12.1. The maximum Gasteiger partial charge on any atom is 0.303 e. The lowest BCUT2D eigenvalue weighted by Crippen LogP contribution is -2.42. The van der Waals surface area contributed by atoms with E-state index in [-0.39, 0.29) is 12.3 Å². The SMILES string of the molecule is NC(Cc1cnc[nH]1)C(=O)NCCCC(=O)O. The molecule has 0 spiro atoms. The van der Waals surface area contributed by atoms with Gasteiger partial charge in [0.2, 0.25) is 5.91 Å². The zero-order valence-corrected chi connectivity index (χ0v) is 9.35. The van der Waals surface area contributed by atoms with E-state index in [2.05, 4.69) is 15.3 Å². The first-order valence-corrected chi connectivity index (χ1v) is 5.32. The van der Waals surface area contributed by atoms with E-state index >= 15 is 0 Å². The third-order valence-electron chi connectivity index (χ3n) is 2.20. The van der Waals surface area contributed by atoms with E-state index in [0.29, 0.717) is 19.4 Å². The quantitative estimate of drug-likeness (QED) is 0.468. The summed E-state index contributed by atoms with van der Waals surface area (Å²) >= 11 is 0. The Hall–Kier alpha value is -1.89. The first-order chi connectivity index (χ1) is 8.09. The molecule has 1 rings (SSSR count). The number of rotatable bonds is 7. The molecule has 1 amide bonds. The molecule has 0 radical (unpaired) electrons. The zero-order chi connectivity index (χ0) is 12.7. The fraction of sp³-hybridized carbons (Fsp3) is 0.500. The molecule has 0 aromatic carbocycles. The summed E-state index contributed by atoms with van der Waals surface area (Å²) in [6.45, 7) is 0.321. The Bertz CT molecular complexity index is 364. The monoisotopic (exact) mass is 240 g/mol. The molecule has 0 aliphatic heterocycles. The number of amides is 1. The lowest BCUT2D eigenvalue weighted by Gasteiger charge is -2.10. The number of hydrogen-bond donors (Lipinski definition) is 4. The van der Waals surface area contributed by atoms with Gasteiger partial charge in [0.15, 0.2) is 0 Å². The molecule has 1 aromatic heterocycles. The molecule has 0 bridgehead atoms. The van der Waals surface area contributed by atoms with E-state index < -0.39 is 12.0 Å². The standard InChI is InChI=1S/C10H16N4O3/c11-8(4-7-5-12-6-14-7)10(17)13-3-1-2-9(15)16/h5-6,8H,1-4,11H2,(H,12,14)(H,13,17)(H,15,16). The minimum Gasteiger partial charge on any atom is -0.481 e. The Morgan fingerprint density at radius 1 is 1.59 bits per heavy atom. The zero-order valence-electron chi connectivity index (χ0n) is 9.35. The van der Waals surface area contributed by atoms with Gasteiger partial charge in [0, 0.05) is 31.3 Å². The minimum atomic E-state index is -0.874. The maximum atomic E-state index is 11.5. The molecule has 7 nitrogen and oxygen atoms in total. The van der Waals surface area contributed by atoms with Crippen LogP contribution in [0, 0.1) is 0 Å². The molecular formula is C10H16N4O3. The molecule has 0 saturated carbocycles. The van der Waals surface area contributed by atoms with Crippen LogP contribution in [-0.4, -0.2) is 39.5 Å². The number of imidazole rings is 1. The van der Waals surface area contributed by atoms with Crippen molar-refractivity contribution in [2.24, 2.45) is 5.73 Å². The van der Waals surface area contributed by atoms with Crippen molar-refractivity contribution in [3.05, 3.63) is 18.2 Å². The van der Waals surface area contributed by atoms with Gasteiger partial charge < -0.3 is 21.1 Å². The highest BCUT2D eigenvalue weighted by atomic mass is 16.4. The van der Waals surface area contributed by atoms with Crippen LogP contribution in [0.2, 0.25) is 0 Å². The molecule has 1 atom stereocenters. The number of nitrogens with two attached hydrogens (primary N) is 1. The summed E-state index contributed by atoms with van der Waals surface area (Å²) in [6.07, 6.45) is 3.95. The number of carboxylic acid groups (broad SMARTS) is 1. The highest BCUT2D eigenvalue weighted by molar-refractivity contribution is 5.81. The predicted molar refractivity (Wildman–Crippen MR) is 60.1 cm³/mol. The third-order valence-corrected chi connectivity index (χ3v) is 2.20. The second-order valence-electron chi connectivity index (χ2n) is 3.68. The summed E-state index contributed by atoms with van der Waals surface area (Å²) in [5.74, 6) is -1.16. The summed E-state index contributed by atoms with van der Waals surface area (Å²) in [7, 11) is 0. The maximum absolute atomic E-state index is 11.5. The molecule has 17 heavy (non-hydrogen) atoms. The largest absolute Gasteiger partial charge is 0.481 e. The van der Waals surface area contributed by atoms with Crippen LogP contribution in [0.4, 0.5) is 0 Å². The van der Waals surface area contributed by atoms with E-state index in [1.807, 2.05) is 0 Å². The summed E-state index contributed by atoms with van der Waals surface area (Å²) in [6, 6.07) is -0.653. The van der Waals surface area contributed by atoms with Crippen molar-refractivity contribution in [3.8, 4) is 0 Å². The minimum absolute atomic E-state index is 0.0378. The Morgan fingerprint density at radius 2 is 2.35 bits per heavy atom. The van der Waals surface area contributed by atoms with Crippen LogP contribution in [-0.2, 0) is 16.0 Å². The fourth-order valence-corrected chi connectivity index (χ4v) is 1.31. The Kier molecular flexibility index (Phi) is 5.15. The van der Waals surface area contributed by atoms with Crippen molar-refractivity contribution in [2.75, 3.05) is 6.54 Å². The molecular weight excluding hydrogens is 224 g/mol. The second-order valence-corrected chi connectivity index (χ2v) is 3.68. The molecule has 1 unspecified atom stereocenters. The van der Waals surface area contributed by atoms with Gasteiger partial charge in [-0.2, -0.15) is 0 Å². The van der Waals surface area contributed by atoms with Gasteiger partial charge in [0.05, 0.1) is 12.4 Å². The summed E-state index contributed by atoms with van der Waals surface area (Å²) in [4.78, 5) is 28.4. The van der Waals surface area contributed by atoms with Crippen LogP contribution < -0.4 is 11.1 Å². The number of hydrogen-bond acceptors (Lipinski definition) is 4. The van der Waals surface area contributed by atoms with Crippen LogP contribution >= 0.6 is 0 Å². The second kappa shape index (κ2) is 6.64. The van der Waals surface area contributed by atoms with Crippen LogP contribution in [0.15, 0.2) is 12.5 Å². The van der Waals surface area contributed by atoms with E-state index in [1.54, 1.807) is 6.20 Å². The van der Waals surface area contributed by atoms with Crippen molar-refractivity contribution in [3.63, 3.8) is 0 Å². The summed E-state index contributed by atoms with van der Waals surface area (Å²) in [5.41, 5.74) is 6.46. The molecule has 7 heteroatoms. The number of carbonyl (C=O) groups excluding carboxylic acids is 1. The van der Waals surface area contributed by atoms with Gasteiger partial charge in [0.25, 0.3) is 0 Å². The topological polar surface area (TPSA) is 121 Å². The smallest absolute Gasteiger partial charge is 0.303 e. The van der Waals surface area contributed by atoms with Gasteiger partial charge in [-0.1, -0.05) is 0 Å². The molecule has 0 fully saturated rings. The molecule has 0 aliphatic rings. The molecule has 0 aliphatic carbocycles. The molecule has 1 heterocycles. The number of H-pyrrole nitrogens is 1. The average Bonchev–Trinajstić information content (AvgIpc) is 2.76. The number of nitrogens with one attached hydrogen (secondary N) is 2. The van der Waals surface area contributed by atoms with Gasteiger partial charge in [-0.15, -0.1) is 0 Å². The summed E-state index contributed by atoms with van der Waals surface area (Å²) < 4.78 is 0. The molecule has 5 N–H and O–H groups in total. The lowest BCUT2D eigenvalue weighted by molar-refractivity contribution is -0.137. The van der Waals surface area contributed by atoms with Crippen molar-refractivity contribution >= 4 is 11.9 Å². The van der Waals surface area contributed by atoms with Crippen molar-refractivity contribution in [2.45, 2.75) is 25.3 Å². The van der Waals surface area contributed by atoms with Gasteiger partial charge >= 0.3 is 5.97 Å². The molecule has 1 aromatic rings. The van der Waals surface area contributed by atoms with Gasteiger partial charge in [-0.3, -0.25) is 9.59 Å². The highest BCUT2D eigenvalue weighted by Gasteiger charge is 2.14. The number of aromatic nitrogens is 2. The predicted octanol–water partition coefficient (Wildman–Crippen LogP) is -0.740. The van der Waals surface area contributed by atoms with E-state index in [4.69, 9.17) is 10.8 Å². The Morgan fingerprint density at radius 3 is 2.94 bits per heavy atom.